The SMILES string of the molecule is O=C(CSc1cccc(F)c1)c1cccc(Br)c1. The zero-order chi connectivity index (χ0) is 13.0. The Kier molecular flexibility index (Phi) is 4.55. The highest BCUT2D eigenvalue weighted by Crippen LogP contribution is 2.21. The molecule has 0 bridgehead atoms. The minimum absolute atomic E-state index is 0.0329. The summed E-state index contributed by atoms with van der Waals surface area (Å²) in [5.41, 5.74) is 0.660. The van der Waals surface area contributed by atoms with Crippen LogP contribution in [0.25, 0.3) is 0 Å². The monoisotopic (exact) mass is 324 g/mol. The van der Waals surface area contributed by atoms with Gasteiger partial charge in [0.2, 0.25) is 0 Å². The van der Waals surface area contributed by atoms with E-state index in [2.05, 4.69) is 15.9 Å². The first kappa shape index (κ1) is 13.3. The van der Waals surface area contributed by atoms with E-state index in [9.17, 15) is 9.18 Å². The summed E-state index contributed by atoms with van der Waals surface area (Å²) in [4.78, 5) is 12.7. The third-order valence-electron chi connectivity index (χ3n) is 2.31. The highest BCUT2D eigenvalue weighted by Gasteiger charge is 2.07. The molecule has 0 aliphatic carbocycles. The Labute approximate surface area is 118 Å². The van der Waals surface area contributed by atoms with Crippen molar-refractivity contribution in [2.24, 2.45) is 0 Å². The van der Waals surface area contributed by atoms with Gasteiger partial charge in [-0.3, -0.25) is 4.79 Å². The van der Waals surface area contributed by atoms with Gasteiger partial charge in [0, 0.05) is 14.9 Å². The minimum atomic E-state index is -0.282. The van der Waals surface area contributed by atoms with Gasteiger partial charge in [-0.15, -0.1) is 11.8 Å². The van der Waals surface area contributed by atoms with Gasteiger partial charge >= 0.3 is 0 Å². The van der Waals surface area contributed by atoms with Crippen LogP contribution in [0.5, 0.6) is 0 Å². The molecule has 0 amide bonds. The normalized spacial score (nSPS) is 10.3. The van der Waals surface area contributed by atoms with Crippen molar-refractivity contribution >= 4 is 33.5 Å². The lowest BCUT2D eigenvalue weighted by Gasteiger charge is -2.02. The summed E-state index contributed by atoms with van der Waals surface area (Å²) >= 11 is 4.67. The maximum Gasteiger partial charge on any atom is 0.173 e. The number of hydrogen-bond donors (Lipinski definition) is 0. The van der Waals surface area contributed by atoms with Crippen molar-refractivity contribution in [1.82, 2.24) is 0 Å². The Hall–Kier alpha value is -1.13. The zero-order valence-corrected chi connectivity index (χ0v) is 11.8. The molecule has 2 rings (SSSR count). The summed E-state index contributed by atoms with van der Waals surface area (Å²) in [5.74, 6) is 0.0559. The van der Waals surface area contributed by atoms with Gasteiger partial charge in [-0.25, -0.2) is 4.39 Å². The maximum absolute atomic E-state index is 13.0. The Morgan fingerprint density at radius 2 is 1.94 bits per heavy atom. The highest BCUT2D eigenvalue weighted by molar-refractivity contribution is 9.10. The van der Waals surface area contributed by atoms with E-state index in [1.165, 1.54) is 23.9 Å². The van der Waals surface area contributed by atoms with Crippen LogP contribution >= 0.6 is 27.7 Å². The van der Waals surface area contributed by atoms with Crippen LogP contribution in [0.15, 0.2) is 57.9 Å². The number of hydrogen-bond acceptors (Lipinski definition) is 2. The Bertz CT molecular complexity index is 571. The number of carbonyl (C=O) groups excluding carboxylic acids is 1. The van der Waals surface area contributed by atoms with Crippen LogP contribution in [0.2, 0.25) is 0 Å². The summed E-state index contributed by atoms with van der Waals surface area (Å²) in [6.07, 6.45) is 0. The molecule has 0 atom stereocenters. The minimum Gasteiger partial charge on any atom is -0.293 e. The van der Waals surface area contributed by atoms with Gasteiger partial charge in [0.05, 0.1) is 5.75 Å². The van der Waals surface area contributed by atoms with Gasteiger partial charge < -0.3 is 0 Å². The number of benzene rings is 2. The van der Waals surface area contributed by atoms with E-state index in [0.717, 1.165) is 9.37 Å². The number of halogens is 2. The summed E-state index contributed by atoms with van der Waals surface area (Å²) in [6.45, 7) is 0. The van der Waals surface area contributed by atoms with Crippen molar-refractivity contribution in [3.63, 3.8) is 0 Å². The van der Waals surface area contributed by atoms with Crippen LogP contribution in [0, 0.1) is 5.82 Å². The van der Waals surface area contributed by atoms with Gasteiger partial charge in [-0.2, -0.15) is 0 Å². The summed E-state index contributed by atoms with van der Waals surface area (Å²) < 4.78 is 13.8. The Morgan fingerprint density at radius 1 is 1.17 bits per heavy atom. The quantitative estimate of drug-likeness (QED) is 0.605. The van der Waals surface area contributed by atoms with Crippen LogP contribution in [-0.4, -0.2) is 11.5 Å². The molecule has 0 aliphatic rings. The zero-order valence-electron chi connectivity index (χ0n) is 9.40. The smallest absolute Gasteiger partial charge is 0.173 e. The van der Waals surface area contributed by atoms with Gasteiger partial charge in [0.1, 0.15) is 5.82 Å². The molecule has 0 spiro atoms. The van der Waals surface area contributed by atoms with Crippen molar-refractivity contribution < 1.29 is 9.18 Å². The van der Waals surface area contributed by atoms with Crippen LogP contribution in [0.4, 0.5) is 4.39 Å². The molecule has 0 unspecified atom stereocenters. The molecule has 18 heavy (non-hydrogen) atoms. The van der Waals surface area contributed by atoms with Gasteiger partial charge in [0.25, 0.3) is 0 Å². The van der Waals surface area contributed by atoms with Gasteiger partial charge in [-0.05, 0) is 30.3 Å². The molecule has 0 aliphatic heterocycles. The average Bonchev–Trinajstić information content (AvgIpc) is 2.36. The molecular weight excluding hydrogens is 315 g/mol. The molecule has 0 aromatic heterocycles. The van der Waals surface area contributed by atoms with Crippen molar-refractivity contribution in [3.05, 3.63) is 64.4 Å². The third-order valence-corrected chi connectivity index (χ3v) is 3.80. The van der Waals surface area contributed by atoms with Crippen LogP contribution in [0.3, 0.4) is 0 Å². The van der Waals surface area contributed by atoms with Crippen molar-refractivity contribution in [2.45, 2.75) is 4.90 Å². The number of Topliss-reactive ketones (excluding diaryl/α,β-unsaturated/α-hetero) is 1. The molecule has 0 saturated heterocycles. The average molecular weight is 325 g/mol. The second-order valence-corrected chi connectivity index (χ2v) is 5.64. The summed E-state index contributed by atoms with van der Waals surface area (Å²) in [6, 6.07) is 13.5. The molecule has 2 aromatic rings. The van der Waals surface area contributed by atoms with E-state index in [-0.39, 0.29) is 11.6 Å². The Balaban J connectivity index is 2.00. The largest absolute Gasteiger partial charge is 0.293 e. The second-order valence-electron chi connectivity index (χ2n) is 3.68. The first-order valence-electron chi connectivity index (χ1n) is 5.32. The first-order valence-corrected chi connectivity index (χ1v) is 7.10. The lowest BCUT2D eigenvalue weighted by molar-refractivity contribution is 0.102. The van der Waals surface area contributed by atoms with Crippen molar-refractivity contribution in [2.75, 3.05) is 5.75 Å². The molecular formula is C14H10BrFOS. The van der Waals surface area contributed by atoms with E-state index in [1.807, 2.05) is 12.1 Å². The van der Waals surface area contributed by atoms with E-state index in [1.54, 1.807) is 24.3 Å². The molecule has 0 fully saturated rings. The highest BCUT2D eigenvalue weighted by atomic mass is 79.9. The van der Waals surface area contributed by atoms with E-state index >= 15 is 0 Å². The van der Waals surface area contributed by atoms with Crippen molar-refractivity contribution in [3.8, 4) is 0 Å². The van der Waals surface area contributed by atoms with Crippen LogP contribution in [-0.2, 0) is 0 Å². The molecule has 2 aromatic carbocycles. The molecule has 4 heteroatoms. The summed E-state index contributed by atoms with van der Waals surface area (Å²) in [7, 11) is 0. The first-order chi connectivity index (χ1) is 8.65. The number of rotatable bonds is 4. The topological polar surface area (TPSA) is 17.1 Å². The lowest BCUT2D eigenvalue weighted by Crippen LogP contribution is -2.01. The maximum atomic E-state index is 13.0. The summed E-state index contributed by atoms with van der Waals surface area (Å²) in [5, 5.41) is 0. The van der Waals surface area contributed by atoms with Crippen LogP contribution < -0.4 is 0 Å². The molecule has 0 heterocycles. The molecule has 0 saturated carbocycles. The number of thioether (sulfide) groups is 1. The van der Waals surface area contributed by atoms with E-state index in [0.29, 0.717) is 11.3 Å². The van der Waals surface area contributed by atoms with E-state index in [4.69, 9.17) is 0 Å². The Morgan fingerprint density at radius 3 is 2.67 bits per heavy atom. The number of carbonyl (C=O) groups is 1. The predicted octanol–water partition coefficient (Wildman–Crippen LogP) is 4.56. The van der Waals surface area contributed by atoms with Crippen molar-refractivity contribution in [1.29, 1.82) is 0 Å². The molecule has 92 valence electrons. The lowest BCUT2D eigenvalue weighted by atomic mass is 10.2. The van der Waals surface area contributed by atoms with Crippen LogP contribution in [0.1, 0.15) is 10.4 Å². The molecule has 0 radical (unpaired) electrons. The van der Waals surface area contributed by atoms with E-state index < -0.39 is 0 Å². The van der Waals surface area contributed by atoms with Gasteiger partial charge in [0.15, 0.2) is 5.78 Å². The molecule has 0 N–H and O–H groups in total. The third kappa shape index (κ3) is 3.68. The second kappa shape index (κ2) is 6.16. The standard InChI is InChI=1S/C14H10BrFOS/c15-11-4-1-3-10(7-11)14(17)9-18-13-6-2-5-12(16)8-13/h1-8H,9H2. The fourth-order valence-electron chi connectivity index (χ4n) is 1.45. The van der Waals surface area contributed by atoms with Gasteiger partial charge in [-0.1, -0.05) is 34.1 Å². The predicted molar refractivity (Wildman–Crippen MR) is 75.6 cm³/mol. The fourth-order valence-corrected chi connectivity index (χ4v) is 2.69. The molecule has 1 nitrogen and oxygen atoms in total. The fraction of sp³-hybridized carbons (Fsp3) is 0.0714. The number of ketones is 1.